The number of guanidine groups is 1. The van der Waals surface area contributed by atoms with E-state index in [-0.39, 0.29) is 5.41 Å². The van der Waals surface area contributed by atoms with Crippen molar-refractivity contribution in [1.82, 2.24) is 15.5 Å². The summed E-state index contributed by atoms with van der Waals surface area (Å²) in [5.74, 6) is 1.53. The molecular formula is C21H34N4O2S. The molecule has 3 aliphatic rings. The first-order valence-corrected chi connectivity index (χ1v) is 11.5. The van der Waals surface area contributed by atoms with E-state index in [1.807, 2.05) is 11.3 Å². The van der Waals surface area contributed by atoms with Crippen molar-refractivity contribution in [2.24, 2.45) is 16.3 Å². The molecule has 1 aromatic rings. The fourth-order valence-electron chi connectivity index (χ4n) is 5.02. The second kappa shape index (κ2) is 8.69. The van der Waals surface area contributed by atoms with Gasteiger partial charge in [-0.15, -0.1) is 11.3 Å². The van der Waals surface area contributed by atoms with Crippen LogP contribution in [0.25, 0.3) is 0 Å². The van der Waals surface area contributed by atoms with E-state index in [2.05, 4.69) is 53.8 Å². The van der Waals surface area contributed by atoms with Crippen LogP contribution in [-0.2, 0) is 9.47 Å². The Hall–Kier alpha value is -1.15. The molecule has 6 nitrogen and oxygen atoms in total. The molecule has 2 saturated heterocycles. The number of morpholine rings is 1. The first-order valence-electron chi connectivity index (χ1n) is 10.6. The van der Waals surface area contributed by atoms with E-state index in [9.17, 15) is 0 Å². The molecule has 0 bridgehead atoms. The Kier molecular flexibility index (Phi) is 6.25. The van der Waals surface area contributed by atoms with Gasteiger partial charge in [0.1, 0.15) is 0 Å². The number of fused-ring (bicyclic) bond motifs is 1. The lowest BCUT2D eigenvalue weighted by molar-refractivity contribution is -0.106. The van der Waals surface area contributed by atoms with Gasteiger partial charge < -0.3 is 20.1 Å². The van der Waals surface area contributed by atoms with Gasteiger partial charge in [0, 0.05) is 48.5 Å². The van der Waals surface area contributed by atoms with Gasteiger partial charge in [-0.3, -0.25) is 9.89 Å². The third kappa shape index (κ3) is 3.95. The molecule has 156 valence electrons. The number of aliphatic imine (C=N–C) groups is 1. The number of hydrogen-bond acceptors (Lipinski definition) is 5. The number of rotatable bonds is 6. The maximum Gasteiger partial charge on any atom is 0.191 e. The Morgan fingerprint density at radius 2 is 2.18 bits per heavy atom. The Morgan fingerprint density at radius 3 is 2.89 bits per heavy atom. The first-order chi connectivity index (χ1) is 13.6. The van der Waals surface area contributed by atoms with E-state index >= 15 is 0 Å². The van der Waals surface area contributed by atoms with Crippen molar-refractivity contribution in [3.63, 3.8) is 0 Å². The third-order valence-corrected chi connectivity index (χ3v) is 7.49. The van der Waals surface area contributed by atoms with Gasteiger partial charge in [0.2, 0.25) is 0 Å². The molecule has 0 radical (unpaired) electrons. The average molecular weight is 407 g/mol. The molecule has 0 spiro atoms. The lowest BCUT2D eigenvalue weighted by atomic mass is 9.57. The van der Waals surface area contributed by atoms with Gasteiger partial charge >= 0.3 is 0 Å². The van der Waals surface area contributed by atoms with Crippen molar-refractivity contribution in [3.05, 3.63) is 22.4 Å². The summed E-state index contributed by atoms with van der Waals surface area (Å²) in [6, 6.07) is 5.10. The van der Waals surface area contributed by atoms with Gasteiger partial charge in [0.05, 0.1) is 31.9 Å². The molecule has 7 heteroatoms. The van der Waals surface area contributed by atoms with Gasteiger partial charge in [-0.1, -0.05) is 19.9 Å². The van der Waals surface area contributed by atoms with Crippen LogP contribution in [0.3, 0.4) is 0 Å². The van der Waals surface area contributed by atoms with Crippen LogP contribution in [0, 0.1) is 11.3 Å². The smallest absolute Gasteiger partial charge is 0.191 e. The molecule has 3 fully saturated rings. The average Bonchev–Trinajstić information content (AvgIpc) is 3.38. The monoisotopic (exact) mass is 406 g/mol. The van der Waals surface area contributed by atoms with Crippen molar-refractivity contribution in [2.45, 2.75) is 45.4 Å². The number of nitrogens with one attached hydrogen (secondary N) is 2. The zero-order chi connectivity index (χ0) is 19.6. The number of ether oxygens (including phenoxy) is 2. The van der Waals surface area contributed by atoms with Crippen molar-refractivity contribution >= 4 is 17.3 Å². The normalized spacial score (nSPS) is 31.1. The van der Waals surface area contributed by atoms with E-state index < -0.39 is 0 Å². The minimum absolute atomic E-state index is 0.148. The highest BCUT2D eigenvalue weighted by molar-refractivity contribution is 7.10. The van der Waals surface area contributed by atoms with Crippen molar-refractivity contribution < 1.29 is 9.47 Å². The highest BCUT2D eigenvalue weighted by Crippen LogP contribution is 2.52. The molecule has 4 unspecified atom stereocenters. The van der Waals surface area contributed by atoms with Crippen LogP contribution in [0.5, 0.6) is 0 Å². The summed E-state index contributed by atoms with van der Waals surface area (Å²) in [7, 11) is 0. The summed E-state index contributed by atoms with van der Waals surface area (Å²) in [5.41, 5.74) is 0.148. The summed E-state index contributed by atoms with van der Waals surface area (Å²) >= 11 is 1.82. The number of nitrogens with zero attached hydrogens (tertiary/aromatic N) is 2. The minimum Gasteiger partial charge on any atom is -0.379 e. The van der Waals surface area contributed by atoms with Crippen molar-refractivity contribution in [2.75, 3.05) is 46.0 Å². The summed E-state index contributed by atoms with van der Waals surface area (Å²) in [6.07, 6.45) is 1.54. The zero-order valence-corrected chi connectivity index (χ0v) is 18.1. The van der Waals surface area contributed by atoms with Gasteiger partial charge in [0.15, 0.2) is 5.96 Å². The topological polar surface area (TPSA) is 58.1 Å². The molecule has 2 N–H and O–H groups in total. The van der Waals surface area contributed by atoms with Gasteiger partial charge in [-0.05, 0) is 24.8 Å². The summed E-state index contributed by atoms with van der Waals surface area (Å²) in [4.78, 5) is 8.92. The molecule has 0 amide bonds. The summed E-state index contributed by atoms with van der Waals surface area (Å²) < 4.78 is 11.5. The van der Waals surface area contributed by atoms with Crippen molar-refractivity contribution in [3.8, 4) is 0 Å². The maximum absolute atomic E-state index is 5.95. The van der Waals surface area contributed by atoms with Crippen LogP contribution >= 0.6 is 11.3 Å². The van der Waals surface area contributed by atoms with E-state index in [1.54, 1.807) is 0 Å². The maximum atomic E-state index is 5.95. The van der Waals surface area contributed by atoms with E-state index in [1.165, 1.54) is 4.88 Å². The van der Waals surface area contributed by atoms with Gasteiger partial charge in [0.25, 0.3) is 0 Å². The molecule has 4 rings (SSSR count). The van der Waals surface area contributed by atoms with Crippen LogP contribution in [0.1, 0.15) is 38.1 Å². The van der Waals surface area contributed by atoms with Crippen LogP contribution in [-0.4, -0.2) is 69.0 Å². The van der Waals surface area contributed by atoms with E-state index in [4.69, 9.17) is 14.5 Å². The van der Waals surface area contributed by atoms with E-state index in [0.29, 0.717) is 24.1 Å². The van der Waals surface area contributed by atoms with E-state index in [0.717, 1.165) is 58.4 Å². The zero-order valence-electron chi connectivity index (χ0n) is 17.3. The van der Waals surface area contributed by atoms with Crippen LogP contribution < -0.4 is 10.6 Å². The van der Waals surface area contributed by atoms with Crippen LogP contribution in [0.4, 0.5) is 0 Å². The molecule has 3 heterocycles. The molecular weight excluding hydrogens is 372 g/mol. The Morgan fingerprint density at radius 1 is 1.36 bits per heavy atom. The van der Waals surface area contributed by atoms with Crippen LogP contribution in [0.15, 0.2) is 22.5 Å². The fourth-order valence-corrected chi connectivity index (χ4v) is 5.87. The minimum atomic E-state index is 0.148. The quantitative estimate of drug-likeness (QED) is 0.562. The van der Waals surface area contributed by atoms with Crippen molar-refractivity contribution in [1.29, 1.82) is 0 Å². The Labute approximate surface area is 172 Å². The Bertz CT molecular complexity index is 657. The summed E-state index contributed by atoms with van der Waals surface area (Å²) in [5, 5.41) is 9.36. The number of hydrogen-bond donors (Lipinski definition) is 2. The fraction of sp³-hybridized carbons (Fsp3) is 0.762. The molecule has 0 aromatic carbocycles. The number of thiophene rings is 1. The molecule has 1 aromatic heterocycles. The predicted octanol–water partition coefficient (Wildman–Crippen LogP) is 2.49. The lowest BCUT2D eigenvalue weighted by Gasteiger charge is -2.55. The summed E-state index contributed by atoms with van der Waals surface area (Å²) in [6.45, 7) is 12.8. The largest absolute Gasteiger partial charge is 0.379 e. The highest BCUT2D eigenvalue weighted by atomic mass is 32.1. The first kappa shape index (κ1) is 20.1. The standard InChI is InChI=1S/C21H34N4O2S/c1-4-22-20(24-18-15-7-10-27-19(15)21(18,2)3)23-14-16(17-6-5-13-28-17)25-8-11-26-12-9-25/h5-6,13,15-16,18-19H,4,7-12,14H2,1-3H3,(H2,22,23,24). The Balaban J connectivity index is 1.46. The van der Waals surface area contributed by atoms with Crippen LogP contribution in [0.2, 0.25) is 0 Å². The third-order valence-electron chi connectivity index (χ3n) is 6.52. The molecule has 1 aliphatic carbocycles. The SMILES string of the molecule is CCNC(=NCC(c1cccs1)N1CCOCC1)NC1C2CCOC2C1(C)C. The van der Waals surface area contributed by atoms with Gasteiger partial charge in [-0.2, -0.15) is 0 Å². The molecule has 1 saturated carbocycles. The lowest BCUT2D eigenvalue weighted by Crippen LogP contribution is -2.68. The van der Waals surface area contributed by atoms with Gasteiger partial charge in [-0.25, -0.2) is 0 Å². The molecule has 2 aliphatic heterocycles. The second-order valence-corrected chi connectivity index (χ2v) is 9.57. The highest BCUT2D eigenvalue weighted by Gasteiger charge is 2.59. The molecule has 28 heavy (non-hydrogen) atoms. The predicted molar refractivity (Wildman–Crippen MR) is 114 cm³/mol. The molecule has 4 atom stereocenters. The second-order valence-electron chi connectivity index (χ2n) is 8.59.